The van der Waals surface area contributed by atoms with Crippen molar-refractivity contribution < 1.29 is 19.1 Å². The number of fused-ring (bicyclic) bond motifs is 3. The second-order valence-corrected chi connectivity index (χ2v) is 7.58. The Balaban J connectivity index is 1.37. The number of hydrogen-bond acceptors (Lipinski definition) is 5. The van der Waals surface area contributed by atoms with Crippen molar-refractivity contribution in [2.75, 3.05) is 6.61 Å². The third kappa shape index (κ3) is 3.77. The molecule has 0 bridgehead atoms. The zero-order chi connectivity index (χ0) is 19.5. The van der Waals surface area contributed by atoms with Crippen molar-refractivity contribution in [3.8, 4) is 16.2 Å². The van der Waals surface area contributed by atoms with Gasteiger partial charge in [-0.2, -0.15) is 0 Å². The number of nitrogens with one attached hydrogen (secondary N) is 1. The van der Waals surface area contributed by atoms with Gasteiger partial charge in [0.1, 0.15) is 17.2 Å². The summed E-state index contributed by atoms with van der Waals surface area (Å²) in [6.45, 7) is 2.00. The monoisotopic (exact) mass is 393 g/mol. The summed E-state index contributed by atoms with van der Waals surface area (Å²) in [6, 6.07) is 19.0. The third-order valence-electron chi connectivity index (χ3n) is 4.54. The van der Waals surface area contributed by atoms with Crippen LogP contribution in [0.4, 0.5) is 0 Å². The Morgan fingerprint density at radius 2 is 1.89 bits per heavy atom. The number of ether oxygens (including phenoxy) is 2. The lowest BCUT2D eigenvalue weighted by Crippen LogP contribution is -2.31. The van der Waals surface area contributed by atoms with E-state index < -0.39 is 5.97 Å². The average molecular weight is 393 g/mol. The van der Waals surface area contributed by atoms with Gasteiger partial charge >= 0.3 is 5.97 Å². The molecule has 1 aliphatic rings. The molecular weight excluding hydrogens is 374 g/mol. The molecule has 2 aromatic carbocycles. The van der Waals surface area contributed by atoms with Crippen molar-refractivity contribution in [2.45, 2.75) is 19.6 Å². The van der Waals surface area contributed by atoms with Crippen LogP contribution in [0, 0.1) is 0 Å². The van der Waals surface area contributed by atoms with E-state index in [1.54, 1.807) is 6.07 Å². The quantitative estimate of drug-likeness (QED) is 0.655. The number of esters is 1. The molecule has 5 nitrogen and oxygen atoms in total. The molecule has 4 rings (SSSR count). The SMILES string of the molecule is CC(NC(=O)COC(=O)c1cc2c(s1)-c1ccccc1OC2)c1ccccc1. The maximum atomic E-state index is 12.4. The predicted molar refractivity (Wildman–Crippen MR) is 107 cm³/mol. The Morgan fingerprint density at radius 3 is 2.71 bits per heavy atom. The van der Waals surface area contributed by atoms with Crippen LogP contribution in [0.2, 0.25) is 0 Å². The molecule has 0 spiro atoms. The van der Waals surface area contributed by atoms with Gasteiger partial charge in [-0.15, -0.1) is 11.3 Å². The average Bonchev–Trinajstić information content (AvgIpc) is 3.17. The topological polar surface area (TPSA) is 64.6 Å². The van der Waals surface area contributed by atoms with E-state index in [1.165, 1.54) is 11.3 Å². The minimum atomic E-state index is -0.501. The van der Waals surface area contributed by atoms with Crippen LogP contribution in [0.1, 0.15) is 33.8 Å². The van der Waals surface area contributed by atoms with Gasteiger partial charge in [0.05, 0.1) is 6.04 Å². The Kier molecular flexibility index (Phi) is 5.12. The largest absolute Gasteiger partial charge is 0.488 e. The van der Waals surface area contributed by atoms with Crippen molar-refractivity contribution in [3.05, 3.63) is 76.7 Å². The number of para-hydroxylation sites is 1. The molecule has 1 atom stereocenters. The zero-order valence-corrected chi connectivity index (χ0v) is 16.1. The highest BCUT2D eigenvalue weighted by atomic mass is 32.1. The van der Waals surface area contributed by atoms with Crippen LogP contribution >= 0.6 is 11.3 Å². The summed E-state index contributed by atoms with van der Waals surface area (Å²) in [4.78, 5) is 26.0. The maximum absolute atomic E-state index is 12.4. The van der Waals surface area contributed by atoms with Crippen LogP contribution < -0.4 is 10.1 Å². The van der Waals surface area contributed by atoms with Gasteiger partial charge in [0.2, 0.25) is 0 Å². The van der Waals surface area contributed by atoms with Gasteiger partial charge in [-0.3, -0.25) is 4.79 Å². The number of thiophene rings is 1. The summed E-state index contributed by atoms with van der Waals surface area (Å²) in [5, 5.41) is 2.83. The van der Waals surface area contributed by atoms with E-state index in [0.29, 0.717) is 11.5 Å². The standard InChI is InChI=1S/C22H19NO4S/c1-14(15-7-3-2-4-8-15)23-20(24)13-27-22(25)19-11-16-12-26-18-10-6-5-9-17(18)21(16)28-19/h2-11,14H,12-13H2,1H3,(H,23,24). The molecule has 0 saturated carbocycles. The summed E-state index contributed by atoms with van der Waals surface area (Å²) >= 11 is 1.36. The number of carbonyl (C=O) groups is 2. The second-order valence-electron chi connectivity index (χ2n) is 6.53. The highest BCUT2D eigenvalue weighted by Crippen LogP contribution is 2.42. The minimum Gasteiger partial charge on any atom is -0.488 e. The Bertz CT molecular complexity index is 1010. The molecule has 1 unspecified atom stereocenters. The van der Waals surface area contributed by atoms with Crippen molar-refractivity contribution in [1.29, 1.82) is 0 Å². The van der Waals surface area contributed by atoms with E-state index in [0.717, 1.165) is 27.3 Å². The fourth-order valence-corrected chi connectivity index (χ4v) is 4.20. The molecule has 28 heavy (non-hydrogen) atoms. The van der Waals surface area contributed by atoms with Crippen molar-refractivity contribution in [1.82, 2.24) is 5.32 Å². The highest BCUT2D eigenvalue weighted by molar-refractivity contribution is 7.17. The van der Waals surface area contributed by atoms with E-state index in [2.05, 4.69) is 5.32 Å². The Morgan fingerprint density at radius 1 is 1.14 bits per heavy atom. The first-order valence-corrected chi connectivity index (χ1v) is 9.80. The number of benzene rings is 2. The van der Waals surface area contributed by atoms with Crippen molar-refractivity contribution >= 4 is 23.2 Å². The Hall–Kier alpha value is -3.12. The fourth-order valence-electron chi connectivity index (χ4n) is 3.11. The minimum absolute atomic E-state index is 0.157. The van der Waals surface area contributed by atoms with Crippen molar-refractivity contribution in [2.24, 2.45) is 0 Å². The number of carbonyl (C=O) groups excluding carboxylic acids is 2. The molecule has 1 aromatic heterocycles. The molecule has 2 heterocycles. The molecule has 1 aliphatic heterocycles. The molecule has 142 valence electrons. The summed E-state index contributed by atoms with van der Waals surface area (Å²) < 4.78 is 10.9. The Labute approximate surface area is 166 Å². The van der Waals surface area contributed by atoms with E-state index >= 15 is 0 Å². The smallest absolute Gasteiger partial charge is 0.348 e. The molecule has 3 aromatic rings. The first-order valence-electron chi connectivity index (χ1n) is 8.98. The molecule has 0 aliphatic carbocycles. The molecule has 1 amide bonds. The lowest BCUT2D eigenvalue weighted by molar-refractivity contribution is -0.124. The van der Waals surface area contributed by atoms with Crippen LogP contribution in [-0.2, 0) is 16.1 Å². The lowest BCUT2D eigenvalue weighted by atomic mass is 10.1. The predicted octanol–water partition coefficient (Wildman–Crippen LogP) is 4.34. The maximum Gasteiger partial charge on any atom is 0.348 e. The van der Waals surface area contributed by atoms with Gasteiger partial charge in [0.25, 0.3) is 5.91 Å². The summed E-state index contributed by atoms with van der Waals surface area (Å²) in [7, 11) is 0. The molecular formula is C22H19NO4S. The number of amides is 1. The summed E-state index contributed by atoms with van der Waals surface area (Å²) in [6.07, 6.45) is 0. The van der Waals surface area contributed by atoms with E-state index in [1.807, 2.05) is 61.5 Å². The van der Waals surface area contributed by atoms with Gasteiger partial charge < -0.3 is 14.8 Å². The molecule has 6 heteroatoms. The first kappa shape index (κ1) is 18.3. The second kappa shape index (κ2) is 7.86. The van der Waals surface area contributed by atoms with Gasteiger partial charge in [0.15, 0.2) is 6.61 Å². The molecule has 0 radical (unpaired) electrons. The van der Waals surface area contributed by atoms with Gasteiger partial charge in [-0.05, 0) is 30.7 Å². The van der Waals surface area contributed by atoms with Crippen LogP contribution in [-0.4, -0.2) is 18.5 Å². The summed E-state index contributed by atoms with van der Waals surface area (Å²) in [5.74, 6) is -0.0230. The van der Waals surface area contributed by atoms with Gasteiger partial charge in [-0.1, -0.05) is 42.5 Å². The molecule has 0 fully saturated rings. The first-order chi connectivity index (χ1) is 13.6. The van der Waals surface area contributed by atoms with E-state index in [-0.39, 0.29) is 18.6 Å². The van der Waals surface area contributed by atoms with Gasteiger partial charge in [-0.25, -0.2) is 4.79 Å². The van der Waals surface area contributed by atoms with E-state index in [9.17, 15) is 9.59 Å². The third-order valence-corrected chi connectivity index (χ3v) is 5.73. The van der Waals surface area contributed by atoms with Gasteiger partial charge in [0, 0.05) is 16.0 Å². The lowest BCUT2D eigenvalue weighted by Gasteiger charge is -2.16. The van der Waals surface area contributed by atoms with E-state index in [4.69, 9.17) is 9.47 Å². The normalized spacial score (nSPS) is 12.9. The number of rotatable bonds is 5. The van der Waals surface area contributed by atoms with Crippen LogP contribution in [0.3, 0.4) is 0 Å². The molecule has 1 N–H and O–H groups in total. The summed E-state index contributed by atoms with van der Waals surface area (Å²) in [5.41, 5.74) is 2.92. The van der Waals surface area contributed by atoms with Crippen LogP contribution in [0.25, 0.3) is 10.4 Å². The van der Waals surface area contributed by atoms with Crippen molar-refractivity contribution in [3.63, 3.8) is 0 Å². The highest BCUT2D eigenvalue weighted by Gasteiger charge is 2.23. The zero-order valence-electron chi connectivity index (χ0n) is 15.3. The molecule has 0 saturated heterocycles. The number of hydrogen-bond donors (Lipinski definition) is 1. The van der Waals surface area contributed by atoms with Crippen LogP contribution in [0.15, 0.2) is 60.7 Å². The fraction of sp³-hybridized carbons (Fsp3) is 0.182. The van der Waals surface area contributed by atoms with Crippen LogP contribution in [0.5, 0.6) is 5.75 Å².